The third-order valence-corrected chi connectivity index (χ3v) is 3.78. The van der Waals surface area contributed by atoms with E-state index in [0.717, 1.165) is 44.6 Å². The number of aryl methyl sites for hydroxylation is 1. The number of hydrogen-bond acceptors (Lipinski definition) is 3. The molecule has 0 saturated carbocycles. The molecule has 2 aliphatic rings. The van der Waals surface area contributed by atoms with Crippen molar-refractivity contribution in [2.75, 3.05) is 31.2 Å². The number of pyridine rings is 1. The molecule has 0 radical (unpaired) electrons. The molecule has 86 valence electrons. The number of hydrogen-bond donors (Lipinski definition) is 0. The van der Waals surface area contributed by atoms with Crippen LogP contribution in [0.25, 0.3) is 0 Å². The van der Waals surface area contributed by atoms with Gasteiger partial charge in [-0.3, -0.25) is 4.98 Å². The molecule has 1 aromatic heterocycles. The van der Waals surface area contributed by atoms with Gasteiger partial charge in [-0.25, -0.2) is 0 Å². The van der Waals surface area contributed by atoms with Crippen LogP contribution in [-0.4, -0.2) is 31.3 Å². The van der Waals surface area contributed by atoms with E-state index in [1.807, 2.05) is 6.20 Å². The van der Waals surface area contributed by atoms with E-state index in [1.54, 1.807) is 0 Å². The zero-order valence-electron chi connectivity index (χ0n) is 9.72. The van der Waals surface area contributed by atoms with Crippen molar-refractivity contribution >= 4 is 5.69 Å². The number of aromatic nitrogens is 1. The molecule has 0 N–H and O–H groups in total. The molecule has 2 fully saturated rings. The first kappa shape index (κ1) is 10.1. The Hall–Kier alpha value is -1.09. The summed E-state index contributed by atoms with van der Waals surface area (Å²) in [6.45, 7) is 6.30. The van der Waals surface area contributed by atoms with Crippen LogP contribution in [-0.2, 0) is 11.2 Å². The topological polar surface area (TPSA) is 25.4 Å². The van der Waals surface area contributed by atoms with E-state index in [9.17, 15) is 0 Å². The van der Waals surface area contributed by atoms with E-state index in [0.29, 0.717) is 0 Å². The average molecular weight is 218 g/mol. The van der Waals surface area contributed by atoms with Crippen LogP contribution in [0, 0.1) is 11.8 Å². The lowest BCUT2D eigenvalue weighted by molar-refractivity contribution is 0.177. The molecule has 0 spiro atoms. The number of nitrogens with zero attached hydrogens (tertiary/aromatic N) is 2. The summed E-state index contributed by atoms with van der Waals surface area (Å²) in [6.07, 6.45) is 3.03. The lowest BCUT2D eigenvalue weighted by Gasteiger charge is -2.19. The van der Waals surface area contributed by atoms with E-state index < -0.39 is 0 Å². The van der Waals surface area contributed by atoms with E-state index >= 15 is 0 Å². The first-order valence-corrected chi connectivity index (χ1v) is 6.14. The molecule has 16 heavy (non-hydrogen) atoms. The van der Waals surface area contributed by atoms with Crippen molar-refractivity contribution in [3.05, 3.63) is 24.0 Å². The largest absolute Gasteiger partial charge is 0.381 e. The number of fused-ring (bicyclic) bond motifs is 1. The summed E-state index contributed by atoms with van der Waals surface area (Å²) in [4.78, 5) is 6.91. The highest BCUT2D eigenvalue weighted by Gasteiger charge is 2.37. The molecule has 3 heterocycles. The molecule has 3 rings (SSSR count). The van der Waals surface area contributed by atoms with Gasteiger partial charge in [0.25, 0.3) is 0 Å². The molecule has 2 saturated heterocycles. The average Bonchev–Trinajstić information content (AvgIpc) is 2.89. The van der Waals surface area contributed by atoms with Gasteiger partial charge in [-0.1, -0.05) is 6.92 Å². The van der Waals surface area contributed by atoms with Crippen LogP contribution in [0.1, 0.15) is 12.6 Å². The highest BCUT2D eigenvalue weighted by molar-refractivity contribution is 5.46. The number of ether oxygens (including phenoxy) is 1. The minimum atomic E-state index is 0.742. The zero-order valence-corrected chi connectivity index (χ0v) is 9.72. The van der Waals surface area contributed by atoms with Gasteiger partial charge in [0.05, 0.1) is 25.1 Å². The van der Waals surface area contributed by atoms with Crippen molar-refractivity contribution in [3.63, 3.8) is 0 Å². The van der Waals surface area contributed by atoms with E-state index in [1.165, 1.54) is 11.4 Å². The maximum atomic E-state index is 5.49. The Morgan fingerprint density at radius 2 is 2.06 bits per heavy atom. The molecular weight excluding hydrogens is 200 g/mol. The first-order valence-electron chi connectivity index (χ1n) is 6.14. The van der Waals surface area contributed by atoms with Gasteiger partial charge in [0, 0.05) is 30.6 Å². The van der Waals surface area contributed by atoms with E-state index in [4.69, 9.17) is 4.74 Å². The predicted molar refractivity (Wildman–Crippen MR) is 63.6 cm³/mol. The molecule has 2 unspecified atom stereocenters. The third-order valence-electron chi connectivity index (χ3n) is 3.78. The fourth-order valence-corrected chi connectivity index (χ4v) is 2.71. The predicted octanol–water partition coefficient (Wildman–Crippen LogP) is 1.73. The van der Waals surface area contributed by atoms with Crippen LogP contribution < -0.4 is 4.90 Å². The fourth-order valence-electron chi connectivity index (χ4n) is 2.71. The molecule has 0 bridgehead atoms. The summed E-state index contributed by atoms with van der Waals surface area (Å²) in [7, 11) is 0. The summed E-state index contributed by atoms with van der Waals surface area (Å²) < 4.78 is 5.49. The summed E-state index contributed by atoms with van der Waals surface area (Å²) in [6, 6.07) is 4.34. The van der Waals surface area contributed by atoms with Gasteiger partial charge in [-0.05, 0) is 18.6 Å². The SMILES string of the molecule is CCc1ccc(N2CC3COCC3C2)cn1. The maximum absolute atomic E-state index is 5.49. The monoisotopic (exact) mass is 218 g/mol. The Morgan fingerprint density at radius 3 is 2.62 bits per heavy atom. The Labute approximate surface area is 96.4 Å². The molecule has 1 aromatic rings. The quantitative estimate of drug-likeness (QED) is 0.756. The molecule has 3 heteroatoms. The van der Waals surface area contributed by atoms with Crippen LogP contribution in [0.15, 0.2) is 18.3 Å². The molecule has 0 aliphatic carbocycles. The van der Waals surface area contributed by atoms with Crippen LogP contribution in [0.2, 0.25) is 0 Å². The van der Waals surface area contributed by atoms with Crippen molar-refractivity contribution in [3.8, 4) is 0 Å². The Bertz CT molecular complexity index is 351. The van der Waals surface area contributed by atoms with Gasteiger partial charge >= 0.3 is 0 Å². The van der Waals surface area contributed by atoms with Crippen molar-refractivity contribution in [1.82, 2.24) is 4.98 Å². The Balaban J connectivity index is 1.73. The van der Waals surface area contributed by atoms with Crippen LogP contribution in [0.3, 0.4) is 0 Å². The molecule has 0 amide bonds. The lowest BCUT2D eigenvalue weighted by atomic mass is 10.0. The van der Waals surface area contributed by atoms with Gasteiger partial charge < -0.3 is 9.64 Å². The lowest BCUT2D eigenvalue weighted by Crippen LogP contribution is -2.22. The van der Waals surface area contributed by atoms with Crippen molar-refractivity contribution in [2.24, 2.45) is 11.8 Å². The molecule has 0 aromatic carbocycles. The normalized spacial score (nSPS) is 28.4. The third kappa shape index (κ3) is 1.69. The van der Waals surface area contributed by atoms with Gasteiger partial charge in [-0.15, -0.1) is 0 Å². The highest BCUT2D eigenvalue weighted by atomic mass is 16.5. The van der Waals surface area contributed by atoms with Crippen LogP contribution >= 0.6 is 0 Å². The number of anilines is 1. The second-order valence-corrected chi connectivity index (χ2v) is 4.82. The highest BCUT2D eigenvalue weighted by Crippen LogP contribution is 2.32. The Morgan fingerprint density at radius 1 is 1.31 bits per heavy atom. The number of rotatable bonds is 2. The molecule has 2 aliphatic heterocycles. The minimum absolute atomic E-state index is 0.742. The van der Waals surface area contributed by atoms with E-state index in [2.05, 4.69) is 28.9 Å². The van der Waals surface area contributed by atoms with Gasteiger partial charge in [-0.2, -0.15) is 0 Å². The molecule has 2 atom stereocenters. The molecular formula is C13H18N2O. The zero-order chi connectivity index (χ0) is 11.0. The maximum Gasteiger partial charge on any atom is 0.0553 e. The Kier molecular flexibility index (Phi) is 2.56. The van der Waals surface area contributed by atoms with Crippen molar-refractivity contribution in [1.29, 1.82) is 0 Å². The second-order valence-electron chi connectivity index (χ2n) is 4.82. The smallest absolute Gasteiger partial charge is 0.0553 e. The summed E-state index contributed by atoms with van der Waals surface area (Å²) in [5.41, 5.74) is 2.44. The van der Waals surface area contributed by atoms with Gasteiger partial charge in [0.15, 0.2) is 0 Å². The van der Waals surface area contributed by atoms with Crippen molar-refractivity contribution < 1.29 is 4.74 Å². The minimum Gasteiger partial charge on any atom is -0.381 e. The van der Waals surface area contributed by atoms with Crippen LogP contribution in [0.4, 0.5) is 5.69 Å². The first-order chi connectivity index (χ1) is 7.86. The van der Waals surface area contributed by atoms with Crippen molar-refractivity contribution in [2.45, 2.75) is 13.3 Å². The fraction of sp³-hybridized carbons (Fsp3) is 0.615. The van der Waals surface area contributed by atoms with Gasteiger partial charge in [0.2, 0.25) is 0 Å². The van der Waals surface area contributed by atoms with E-state index in [-0.39, 0.29) is 0 Å². The second kappa shape index (κ2) is 4.06. The van der Waals surface area contributed by atoms with Gasteiger partial charge in [0.1, 0.15) is 0 Å². The standard InChI is InChI=1S/C13H18N2O/c1-2-12-3-4-13(5-14-12)15-6-10-8-16-9-11(10)7-15/h3-5,10-11H,2,6-9H2,1H3. The summed E-state index contributed by atoms with van der Waals surface area (Å²) in [5, 5.41) is 0. The van der Waals surface area contributed by atoms with Crippen LogP contribution in [0.5, 0.6) is 0 Å². The molecule has 3 nitrogen and oxygen atoms in total. The summed E-state index contributed by atoms with van der Waals surface area (Å²) >= 11 is 0. The summed E-state index contributed by atoms with van der Waals surface area (Å²) in [5.74, 6) is 1.48.